The molecule has 5 rings (SSSR count). The third kappa shape index (κ3) is 3.08. The number of nitrogens with two attached hydrogens (primary N) is 1. The number of imide groups is 1. The Balaban J connectivity index is 1.57. The number of aryl methyl sites for hydroxylation is 2. The Morgan fingerprint density at radius 2 is 1.82 bits per heavy atom. The van der Waals surface area contributed by atoms with E-state index in [1.54, 1.807) is 0 Å². The van der Waals surface area contributed by atoms with Gasteiger partial charge in [0, 0.05) is 30.3 Å². The molecule has 8 nitrogen and oxygen atoms in total. The topological polar surface area (TPSA) is 122 Å². The van der Waals surface area contributed by atoms with Crippen molar-refractivity contribution in [3.05, 3.63) is 64.7 Å². The van der Waals surface area contributed by atoms with Crippen molar-refractivity contribution in [3.63, 3.8) is 0 Å². The number of carbonyl (C=O) groups excluding carboxylic acids is 4. The Morgan fingerprint density at radius 3 is 2.52 bits per heavy atom. The Hall–Kier alpha value is -3.52. The fourth-order valence-electron chi connectivity index (χ4n) is 5.82. The molecule has 0 unspecified atom stereocenters. The fourth-order valence-corrected chi connectivity index (χ4v) is 5.82. The van der Waals surface area contributed by atoms with E-state index in [2.05, 4.69) is 10.6 Å². The average molecular weight is 447 g/mol. The van der Waals surface area contributed by atoms with E-state index in [9.17, 15) is 19.2 Å². The highest BCUT2D eigenvalue weighted by atomic mass is 16.2. The predicted octanol–water partition coefficient (Wildman–Crippen LogP) is 1.14. The number of rotatable bonds is 5. The Labute approximate surface area is 191 Å². The van der Waals surface area contributed by atoms with Crippen LogP contribution in [-0.2, 0) is 31.1 Å². The fraction of sp³-hybridized carbons (Fsp3) is 0.360. The molecule has 2 fully saturated rings. The third-order valence-corrected chi connectivity index (χ3v) is 7.14. The zero-order chi connectivity index (χ0) is 23.5. The molecule has 2 aromatic rings. The van der Waals surface area contributed by atoms with Gasteiger partial charge in [0.15, 0.2) is 0 Å². The molecule has 0 aromatic heterocycles. The van der Waals surface area contributed by atoms with Crippen molar-refractivity contribution in [2.75, 3.05) is 11.9 Å². The van der Waals surface area contributed by atoms with Crippen LogP contribution in [0.3, 0.4) is 0 Å². The Morgan fingerprint density at radius 1 is 1.09 bits per heavy atom. The van der Waals surface area contributed by atoms with Crippen LogP contribution < -0.4 is 16.4 Å². The van der Waals surface area contributed by atoms with E-state index in [4.69, 9.17) is 5.73 Å². The van der Waals surface area contributed by atoms with E-state index < -0.39 is 29.3 Å². The first-order chi connectivity index (χ1) is 15.7. The van der Waals surface area contributed by atoms with Crippen molar-refractivity contribution in [3.8, 4) is 0 Å². The van der Waals surface area contributed by atoms with E-state index in [0.717, 1.165) is 16.7 Å². The average Bonchev–Trinajstić information content (AvgIpc) is 3.33. The molecule has 33 heavy (non-hydrogen) atoms. The Bertz CT molecular complexity index is 1190. The van der Waals surface area contributed by atoms with Crippen molar-refractivity contribution in [2.45, 2.75) is 38.3 Å². The maximum atomic E-state index is 13.7. The summed E-state index contributed by atoms with van der Waals surface area (Å²) in [4.78, 5) is 53.7. The number of benzene rings is 2. The van der Waals surface area contributed by atoms with Gasteiger partial charge in [0.05, 0.1) is 11.8 Å². The molecule has 0 bridgehead atoms. The van der Waals surface area contributed by atoms with Crippen LogP contribution in [0.5, 0.6) is 0 Å². The lowest BCUT2D eigenvalue weighted by Gasteiger charge is -2.29. The van der Waals surface area contributed by atoms with Gasteiger partial charge in [-0.1, -0.05) is 48.0 Å². The summed E-state index contributed by atoms with van der Waals surface area (Å²) in [5.41, 5.74) is 8.20. The summed E-state index contributed by atoms with van der Waals surface area (Å²) < 4.78 is 0. The number of nitrogens with zero attached hydrogens (tertiary/aromatic N) is 1. The van der Waals surface area contributed by atoms with Crippen LogP contribution in [0.25, 0.3) is 0 Å². The van der Waals surface area contributed by atoms with Gasteiger partial charge in [0.2, 0.25) is 23.6 Å². The predicted molar refractivity (Wildman–Crippen MR) is 121 cm³/mol. The first-order valence-electron chi connectivity index (χ1n) is 11.1. The smallest absolute Gasteiger partial charge is 0.250 e. The normalized spacial score (nSPS) is 27.8. The molecule has 0 saturated carbocycles. The lowest BCUT2D eigenvalue weighted by atomic mass is 9.76. The highest BCUT2D eigenvalue weighted by Gasteiger charge is 2.70. The summed E-state index contributed by atoms with van der Waals surface area (Å²) in [6.07, 6.45) is 0.377. The lowest BCUT2D eigenvalue weighted by molar-refractivity contribution is -0.142. The molecule has 4 amide bonds. The minimum Gasteiger partial charge on any atom is -0.370 e. The number of nitrogens with one attached hydrogen (secondary N) is 2. The summed E-state index contributed by atoms with van der Waals surface area (Å²) in [5, 5.41) is 6.15. The molecule has 2 aromatic carbocycles. The summed E-state index contributed by atoms with van der Waals surface area (Å²) in [6, 6.07) is 12.7. The first kappa shape index (κ1) is 21.3. The van der Waals surface area contributed by atoms with Crippen molar-refractivity contribution in [2.24, 2.45) is 17.6 Å². The van der Waals surface area contributed by atoms with E-state index in [0.29, 0.717) is 17.7 Å². The van der Waals surface area contributed by atoms with Gasteiger partial charge in [-0.15, -0.1) is 0 Å². The van der Waals surface area contributed by atoms with Gasteiger partial charge >= 0.3 is 0 Å². The van der Waals surface area contributed by atoms with E-state index >= 15 is 0 Å². The van der Waals surface area contributed by atoms with Crippen LogP contribution in [0.1, 0.15) is 28.7 Å². The zero-order valence-electron chi connectivity index (χ0n) is 18.6. The van der Waals surface area contributed by atoms with Crippen LogP contribution in [0.4, 0.5) is 5.69 Å². The summed E-state index contributed by atoms with van der Waals surface area (Å²) in [5.74, 6) is -3.49. The molecule has 170 valence electrons. The standard InChI is InChI=1S/C25H26N4O4/c1-13-10-14(2)21-16(11-13)25(24(33)27-21)20-19(17(28-25)12-18(26)30)22(31)29(23(20)32)9-8-15-6-4-3-5-7-15/h3-7,10-11,17,19-20,28H,8-9,12H2,1-2H3,(H2,26,30)(H,27,33)/t17-,19-,20-,25+/m1/s1. The van der Waals surface area contributed by atoms with Gasteiger partial charge in [-0.25, -0.2) is 0 Å². The van der Waals surface area contributed by atoms with Gasteiger partial charge in [0.25, 0.3) is 0 Å². The number of fused-ring (bicyclic) bond motifs is 4. The quantitative estimate of drug-likeness (QED) is 0.595. The first-order valence-corrected chi connectivity index (χ1v) is 11.1. The van der Waals surface area contributed by atoms with Crippen LogP contribution in [-0.4, -0.2) is 41.1 Å². The van der Waals surface area contributed by atoms with Gasteiger partial charge in [0.1, 0.15) is 5.54 Å². The molecule has 0 radical (unpaired) electrons. The summed E-state index contributed by atoms with van der Waals surface area (Å²) >= 11 is 0. The number of amides is 4. The number of anilines is 1. The molecule has 3 aliphatic rings. The van der Waals surface area contributed by atoms with Crippen LogP contribution in [0, 0.1) is 25.7 Å². The molecule has 4 N–H and O–H groups in total. The summed E-state index contributed by atoms with van der Waals surface area (Å²) in [7, 11) is 0. The molecule has 8 heteroatoms. The number of primary amides is 1. The maximum absolute atomic E-state index is 13.7. The number of hydrogen-bond donors (Lipinski definition) is 3. The molecular weight excluding hydrogens is 420 g/mol. The Kier molecular flexibility index (Phi) is 4.86. The molecule has 0 aliphatic carbocycles. The van der Waals surface area contributed by atoms with Gasteiger partial charge in [-0.3, -0.25) is 29.4 Å². The lowest BCUT2D eigenvalue weighted by Crippen LogP contribution is -2.53. The second-order valence-corrected chi connectivity index (χ2v) is 9.25. The van der Waals surface area contributed by atoms with Crippen LogP contribution in [0.15, 0.2) is 42.5 Å². The number of hydrogen-bond acceptors (Lipinski definition) is 5. The van der Waals surface area contributed by atoms with E-state index in [-0.39, 0.29) is 30.7 Å². The maximum Gasteiger partial charge on any atom is 0.250 e. The largest absolute Gasteiger partial charge is 0.370 e. The van der Waals surface area contributed by atoms with Crippen molar-refractivity contribution >= 4 is 29.3 Å². The van der Waals surface area contributed by atoms with Gasteiger partial charge in [-0.2, -0.15) is 0 Å². The van der Waals surface area contributed by atoms with Crippen molar-refractivity contribution in [1.82, 2.24) is 10.2 Å². The monoisotopic (exact) mass is 446 g/mol. The third-order valence-electron chi connectivity index (χ3n) is 7.14. The molecule has 1 spiro atoms. The molecule has 3 heterocycles. The second kappa shape index (κ2) is 7.52. The summed E-state index contributed by atoms with van der Waals surface area (Å²) in [6.45, 7) is 4.03. The molecule has 3 aliphatic heterocycles. The number of carbonyl (C=O) groups is 4. The number of likely N-dealkylation sites (tertiary alicyclic amines) is 1. The second-order valence-electron chi connectivity index (χ2n) is 9.25. The van der Waals surface area contributed by atoms with Gasteiger partial charge < -0.3 is 11.1 Å². The van der Waals surface area contributed by atoms with Crippen molar-refractivity contribution < 1.29 is 19.2 Å². The van der Waals surface area contributed by atoms with Crippen LogP contribution >= 0.6 is 0 Å². The molecular formula is C25H26N4O4. The SMILES string of the molecule is Cc1cc(C)c2c(c1)[C@@]1(N[C@H](CC(N)=O)[C@H]3C(=O)N(CCc4ccccc4)C(=O)[C@@H]31)C(=O)N2. The van der Waals surface area contributed by atoms with E-state index in [1.807, 2.05) is 56.3 Å². The highest BCUT2D eigenvalue weighted by Crippen LogP contribution is 2.54. The van der Waals surface area contributed by atoms with Gasteiger partial charge in [-0.05, 0) is 31.4 Å². The molecule has 4 atom stereocenters. The van der Waals surface area contributed by atoms with Crippen molar-refractivity contribution in [1.29, 1.82) is 0 Å². The highest BCUT2D eigenvalue weighted by molar-refractivity contribution is 6.15. The minimum absolute atomic E-state index is 0.137. The van der Waals surface area contributed by atoms with Crippen LogP contribution in [0.2, 0.25) is 0 Å². The zero-order valence-corrected chi connectivity index (χ0v) is 18.6. The molecule has 2 saturated heterocycles. The minimum atomic E-state index is -1.41. The van der Waals surface area contributed by atoms with E-state index in [1.165, 1.54) is 4.90 Å².